The molecule has 1 heterocycles. The summed E-state index contributed by atoms with van der Waals surface area (Å²) in [6.45, 7) is 2.08. The number of benzene rings is 2. The molecule has 0 aromatic heterocycles. The number of nitrogens with zero attached hydrogens (tertiary/aromatic N) is 1. The van der Waals surface area contributed by atoms with Crippen molar-refractivity contribution in [1.29, 1.82) is 0 Å². The van der Waals surface area contributed by atoms with Crippen molar-refractivity contribution in [3.8, 4) is 0 Å². The van der Waals surface area contributed by atoms with Crippen molar-refractivity contribution in [3.05, 3.63) is 59.7 Å². The van der Waals surface area contributed by atoms with E-state index in [0.717, 1.165) is 18.8 Å². The Morgan fingerprint density at radius 2 is 1.94 bits per heavy atom. The van der Waals surface area contributed by atoms with Crippen LogP contribution in [-0.2, 0) is 13.0 Å². The zero-order chi connectivity index (χ0) is 12.4. The minimum Gasteiger partial charge on any atom is -0.399 e. The van der Waals surface area contributed by atoms with Crippen LogP contribution >= 0.6 is 0 Å². The maximum atomic E-state index is 5.84. The second-order valence-corrected chi connectivity index (χ2v) is 4.90. The molecule has 2 aromatic carbocycles. The summed E-state index contributed by atoms with van der Waals surface area (Å²) in [5.74, 6) is 0. The average Bonchev–Trinajstić information content (AvgIpc) is 2.39. The van der Waals surface area contributed by atoms with Gasteiger partial charge in [0.15, 0.2) is 0 Å². The van der Waals surface area contributed by atoms with E-state index in [2.05, 4.69) is 41.3 Å². The van der Waals surface area contributed by atoms with Crippen LogP contribution in [0.25, 0.3) is 0 Å². The molecule has 0 spiro atoms. The van der Waals surface area contributed by atoms with Crippen LogP contribution in [0.5, 0.6) is 0 Å². The molecule has 1 aliphatic heterocycles. The highest BCUT2D eigenvalue weighted by Crippen LogP contribution is 2.28. The van der Waals surface area contributed by atoms with Gasteiger partial charge < -0.3 is 10.6 Å². The maximum absolute atomic E-state index is 5.84. The second kappa shape index (κ2) is 4.73. The van der Waals surface area contributed by atoms with Gasteiger partial charge >= 0.3 is 0 Å². The van der Waals surface area contributed by atoms with Crippen LogP contribution in [0.1, 0.15) is 17.5 Å². The third kappa shape index (κ3) is 2.19. The SMILES string of the molecule is Nc1cccc(CN2CCCc3ccccc32)c1. The Morgan fingerprint density at radius 1 is 1.06 bits per heavy atom. The molecular formula is C16H18N2. The molecule has 2 N–H and O–H groups in total. The minimum atomic E-state index is 0.845. The van der Waals surface area contributed by atoms with E-state index in [9.17, 15) is 0 Å². The third-order valence-electron chi connectivity index (χ3n) is 3.53. The number of nitrogen functional groups attached to an aromatic ring is 1. The summed E-state index contributed by atoms with van der Waals surface area (Å²) in [4.78, 5) is 2.45. The van der Waals surface area contributed by atoms with Gasteiger partial charge in [-0.1, -0.05) is 30.3 Å². The fourth-order valence-corrected chi connectivity index (χ4v) is 2.69. The van der Waals surface area contributed by atoms with Gasteiger partial charge in [0.05, 0.1) is 0 Å². The molecule has 0 bridgehead atoms. The molecule has 2 heteroatoms. The lowest BCUT2D eigenvalue weighted by atomic mass is 10.0. The van der Waals surface area contributed by atoms with Crippen LogP contribution in [0, 0.1) is 0 Å². The van der Waals surface area contributed by atoms with Crippen LogP contribution in [0.3, 0.4) is 0 Å². The molecule has 2 nitrogen and oxygen atoms in total. The van der Waals surface area contributed by atoms with E-state index in [4.69, 9.17) is 5.73 Å². The van der Waals surface area contributed by atoms with Crippen LogP contribution in [0.15, 0.2) is 48.5 Å². The molecule has 0 amide bonds. The van der Waals surface area contributed by atoms with Crippen LogP contribution < -0.4 is 10.6 Å². The molecule has 0 fully saturated rings. The first kappa shape index (κ1) is 11.1. The van der Waals surface area contributed by atoms with Crippen molar-refractivity contribution in [2.75, 3.05) is 17.2 Å². The van der Waals surface area contributed by atoms with Gasteiger partial charge in [-0.05, 0) is 42.2 Å². The summed E-state index contributed by atoms with van der Waals surface area (Å²) in [7, 11) is 0. The first-order valence-electron chi connectivity index (χ1n) is 6.50. The van der Waals surface area contributed by atoms with Gasteiger partial charge in [-0.15, -0.1) is 0 Å². The van der Waals surface area contributed by atoms with Gasteiger partial charge in [0.1, 0.15) is 0 Å². The largest absolute Gasteiger partial charge is 0.399 e. The van der Waals surface area contributed by atoms with Crippen molar-refractivity contribution < 1.29 is 0 Å². The highest BCUT2D eigenvalue weighted by molar-refractivity contribution is 5.56. The van der Waals surface area contributed by atoms with Crippen LogP contribution in [0.4, 0.5) is 11.4 Å². The summed E-state index contributed by atoms with van der Waals surface area (Å²) < 4.78 is 0. The first-order chi connectivity index (χ1) is 8.83. The summed E-state index contributed by atoms with van der Waals surface area (Å²) in [6, 6.07) is 16.9. The molecular weight excluding hydrogens is 220 g/mol. The van der Waals surface area contributed by atoms with Gasteiger partial charge in [0, 0.05) is 24.5 Å². The molecule has 2 aromatic rings. The fraction of sp³-hybridized carbons (Fsp3) is 0.250. The number of hydrogen-bond donors (Lipinski definition) is 1. The zero-order valence-electron chi connectivity index (χ0n) is 10.5. The monoisotopic (exact) mass is 238 g/mol. The lowest BCUT2D eigenvalue weighted by molar-refractivity contribution is 0.691. The Kier molecular flexibility index (Phi) is 2.93. The Hall–Kier alpha value is -1.96. The van der Waals surface area contributed by atoms with Crippen molar-refractivity contribution >= 4 is 11.4 Å². The lowest BCUT2D eigenvalue weighted by Crippen LogP contribution is -2.28. The number of para-hydroxylation sites is 1. The summed E-state index contributed by atoms with van der Waals surface area (Å²) >= 11 is 0. The number of anilines is 2. The highest BCUT2D eigenvalue weighted by atomic mass is 15.1. The first-order valence-corrected chi connectivity index (χ1v) is 6.50. The predicted octanol–water partition coefficient (Wildman–Crippen LogP) is 3.22. The minimum absolute atomic E-state index is 0.845. The molecule has 0 saturated carbocycles. The van der Waals surface area contributed by atoms with Crippen molar-refractivity contribution in [2.45, 2.75) is 19.4 Å². The van der Waals surface area contributed by atoms with Crippen LogP contribution in [-0.4, -0.2) is 6.54 Å². The predicted molar refractivity (Wildman–Crippen MR) is 76.7 cm³/mol. The van der Waals surface area contributed by atoms with Gasteiger partial charge in [0.25, 0.3) is 0 Å². The van der Waals surface area contributed by atoms with E-state index in [0.29, 0.717) is 0 Å². The molecule has 0 radical (unpaired) electrons. The summed E-state index contributed by atoms with van der Waals surface area (Å²) in [5.41, 5.74) is 10.8. The average molecular weight is 238 g/mol. The Morgan fingerprint density at radius 3 is 2.83 bits per heavy atom. The van der Waals surface area contributed by atoms with E-state index in [1.165, 1.54) is 29.7 Å². The molecule has 0 atom stereocenters. The molecule has 0 saturated heterocycles. The summed E-state index contributed by atoms with van der Waals surface area (Å²) in [6.07, 6.45) is 2.43. The topological polar surface area (TPSA) is 29.3 Å². The highest BCUT2D eigenvalue weighted by Gasteiger charge is 2.15. The van der Waals surface area contributed by atoms with E-state index < -0.39 is 0 Å². The second-order valence-electron chi connectivity index (χ2n) is 4.90. The van der Waals surface area contributed by atoms with Crippen molar-refractivity contribution in [2.24, 2.45) is 0 Å². The Bertz CT molecular complexity index is 548. The van der Waals surface area contributed by atoms with Gasteiger partial charge in [-0.3, -0.25) is 0 Å². The molecule has 0 unspecified atom stereocenters. The number of nitrogens with two attached hydrogens (primary N) is 1. The van der Waals surface area contributed by atoms with Crippen molar-refractivity contribution in [1.82, 2.24) is 0 Å². The van der Waals surface area contributed by atoms with E-state index in [1.54, 1.807) is 0 Å². The van der Waals surface area contributed by atoms with E-state index in [-0.39, 0.29) is 0 Å². The molecule has 92 valence electrons. The van der Waals surface area contributed by atoms with Gasteiger partial charge in [-0.2, -0.15) is 0 Å². The third-order valence-corrected chi connectivity index (χ3v) is 3.53. The fourth-order valence-electron chi connectivity index (χ4n) is 2.69. The van der Waals surface area contributed by atoms with Gasteiger partial charge in [0.2, 0.25) is 0 Å². The number of aryl methyl sites for hydroxylation is 1. The standard InChI is InChI=1S/C16H18N2/c17-15-8-3-5-13(11-15)12-18-10-4-7-14-6-1-2-9-16(14)18/h1-3,5-6,8-9,11H,4,7,10,12,17H2. The number of fused-ring (bicyclic) bond motifs is 1. The van der Waals surface area contributed by atoms with Gasteiger partial charge in [-0.25, -0.2) is 0 Å². The normalized spacial score (nSPS) is 14.3. The smallest absolute Gasteiger partial charge is 0.0430 e. The Balaban J connectivity index is 1.86. The van der Waals surface area contributed by atoms with E-state index in [1.807, 2.05) is 12.1 Å². The zero-order valence-corrected chi connectivity index (χ0v) is 10.5. The molecule has 1 aliphatic rings. The number of rotatable bonds is 2. The molecule has 18 heavy (non-hydrogen) atoms. The summed E-state index contributed by atoms with van der Waals surface area (Å²) in [5, 5.41) is 0. The molecule has 0 aliphatic carbocycles. The van der Waals surface area contributed by atoms with Crippen LogP contribution in [0.2, 0.25) is 0 Å². The Labute approximate surface area is 108 Å². The quantitative estimate of drug-likeness (QED) is 0.814. The number of hydrogen-bond acceptors (Lipinski definition) is 2. The lowest BCUT2D eigenvalue weighted by Gasteiger charge is -2.31. The van der Waals surface area contributed by atoms with Crippen molar-refractivity contribution in [3.63, 3.8) is 0 Å². The van der Waals surface area contributed by atoms with E-state index >= 15 is 0 Å². The maximum Gasteiger partial charge on any atom is 0.0430 e. The molecule has 3 rings (SSSR count).